The first kappa shape index (κ1) is 23.6. The lowest BCUT2D eigenvalue weighted by molar-refractivity contribution is -0.140. The minimum Gasteiger partial charge on any atom is -0.469 e. The van der Waals surface area contributed by atoms with Crippen molar-refractivity contribution in [2.45, 2.75) is 83.0 Å². The molecular formula is C22H36O5. The predicted octanol–water partition coefficient (Wildman–Crippen LogP) is 3.29. The van der Waals surface area contributed by atoms with Crippen LogP contribution < -0.4 is 0 Å². The van der Waals surface area contributed by atoms with Crippen molar-refractivity contribution < 1.29 is 24.9 Å². The van der Waals surface area contributed by atoms with Crippen LogP contribution in [-0.2, 0) is 9.53 Å². The molecule has 1 aliphatic carbocycles. The van der Waals surface area contributed by atoms with Crippen LogP contribution in [0.15, 0.2) is 30.0 Å². The maximum atomic E-state index is 11.0. The number of carbonyl (C=O) groups excluding carboxylic acids is 1. The molecule has 3 N–H and O–H groups in total. The summed E-state index contributed by atoms with van der Waals surface area (Å²) in [6.45, 7) is 3.92. The molecule has 0 aromatic carbocycles. The Morgan fingerprint density at radius 2 is 2.00 bits per heavy atom. The van der Waals surface area contributed by atoms with Gasteiger partial charge in [0.2, 0.25) is 0 Å². The van der Waals surface area contributed by atoms with Gasteiger partial charge in [0.1, 0.15) is 0 Å². The molecule has 1 rings (SSSR count). The minimum atomic E-state index is -0.892. The predicted molar refractivity (Wildman–Crippen MR) is 106 cm³/mol. The molecule has 5 atom stereocenters. The largest absolute Gasteiger partial charge is 0.469 e. The van der Waals surface area contributed by atoms with Crippen molar-refractivity contribution in [2.24, 2.45) is 11.8 Å². The molecule has 27 heavy (non-hydrogen) atoms. The molecule has 0 spiro atoms. The highest BCUT2D eigenvalue weighted by molar-refractivity contribution is 5.69. The van der Waals surface area contributed by atoms with Gasteiger partial charge < -0.3 is 20.1 Å². The van der Waals surface area contributed by atoms with Gasteiger partial charge in [0.25, 0.3) is 0 Å². The number of methoxy groups -OCH3 is 1. The summed E-state index contributed by atoms with van der Waals surface area (Å²) in [6, 6.07) is 0. The summed E-state index contributed by atoms with van der Waals surface area (Å²) >= 11 is 0. The molecule has 0 heterocycles. The third-order valence-corrected chi connectivity index (χ3v) is 5.23. The number of aliphatic hydroxyl groups is 3. The van der Waals surface area contributed by atoms with Gasteiger partial charge >= 0.3 is 5.97 Å². The van der Waals surface area contributed by atoms with Gasteiger partial charge in [0.05, 0.1) is 24.9 Å². The molecule has 0 amide bonds. The van der Waals surface area contributed by atoms with Crippen molar-refractivity contribution in [1.82, 2.24) is 0 Å². The second-order valence-corrected chi connectivity index (χ2v) is 7.71. The SMILES string of the molecule is CCCCC[C@](C)(O)/C=C/[C@H]1[C@H](CC=C=CCCC(=O)OC)[C@H](O)C[C@@H]1O. The van der Waals surface area contributed by atoms with Crippen LogP contribution in [0.1, 0.15) is 65.2 Å². The summed E-state index contributed by atoms with van der Waals surface area (Å²) in [5, 5.41) is 31.0. The van der Waals surface area contributed by atoms with Crippen LogP contribution in [0.2, 0.25) is 0 Å². The molecule has 0 unspecified atom stereocenters. The number of esters is 1. The van der Waals surface area contributed by atoms with Gasteiger partial charge in [-0.05, 0) is 44.3 Å². The van der Waals surface area contributed by atoms with Crippen LogP contribution in [0.5, 0.6) is 0 Å². The summed E-state index contributed by atoms with van der Waals surface area (Å²) in [7, 11) is 1.36. The molecule has 0 radical (unpaired) electrons. The number of aliphatic hydroxyl groups excluding tert-OH is 2. The fraction of sp³-hybridized carbons (Fsp3) is 0.727. The highest BCUT2D eigenvalue weighted by atomic mass is 16.5. The van der Waals surface area contributed by atoms with Crippen molar-refractivity contribution in [3.8, 4) is 0 Å². The Morgan fingerprint density at radius 3 is 2.67 bits per heavy atom. The fourth-order valence-corrected chi connectivity index (χ4v) is 3.50. The van der Waals surface area contributed by atoms with E-state index in [1.807, 2.05) is 12.2 Å². The molecule has 5 heteroatoms. The number of carbonyl (C=O) groups is 1. The van der Waals surface area contributed by atoms with E-state index >= 15 is 0 Å². The fourth-order valence-electron chi connectivity index (χ4n) is 3.50. The van der Waals surface area contributed by atoms with Crippen LogP contribution >= 0.6 is 0 Å². The molecule has 0 aromatic rings. The Hall–Kier alpha value is -1.39. The van der Waals surface area contributed by atoms with Gasteiger partial charge in [-0.3, -0.25) is 4.79 Å². The molecule has 1 saturated carbocycles. The molecule has 1 aliphatic rings. The summed E-state index contributed by atoms with van der Waals surface area (Å²) in [5.41, 5.74) is 2.14. The van der Waals surface area contributed by atoms with Crippen LogP contribution in [-0.4, -0.2) is 46.2 Å². The zero-order valence-corrected chi connectivity index (χ0v) is 16.9. The molecule has 0 aromatic heterocycles. The smallest absolute Gasteiger partial charge is 0.305 e. The maximum Gasteiger partial charge on any atom is 0.305 e. The van der Waals surface area contributed by atoms with Crippen LogP contribution in [0.3, 0.4) is 0 Å². The average Bonchev–Trinajstić information content (AvgIpc) is 2.89. The highest BCUT2D eigenvalue weighted by Gasteiger charge is 2.39. The first-order chi connectivity index (χ1) is 12.8. The van der Waals surface area contributed by atoms with Gasteiger partial charge in [-0.1, -0.05) is 38.3 Å². The molecule has 0 bridgehead atoms. The van der Waals surface area contributed by atoms with E-state index in [-0.39, 0.29) is 17.8 Å². The van der Waals surface area contributed by atoms with Gasteiger partial charge in [0.15, 0.2) is 0 Å². The second kappa shape index (κ2) is 12.1. The van der Waals surface area contributed by atoms with Crippen molar-refractivity contribution in [1.29, 1.82) is 0 Å². The number of hydrogen-bond donors (Lipinski definition) is 3. The lowest BCUT2D eigenvalue weighted by atomic mass is 9.88. The zero-order chi connectivity index (χ0) is 20.3. The van der Waals surface area contributed by atoms with E-state index in [0.29, 0.717) is 32.1 Å². The Morgan fingerprint density at radius 1 is 1.26 bits per heavy atom. The van der Waals surface area contributed by atoms with Crippen LogP contribution in [0, 0.1) is 11.8 Å². The molecule has 1 fully saturated rings. The number of unbranched alkanes of at least 4 members (excludes halogenated alkanes) is 2. The molecule has 0 saturated heterocycles. The Kier molecular flexibility index (Phi) is 10.6. The standard InChI is InChI=1S/C22H36O5/c1-4-5-10-14-22(2,26)15-13-18-17(19(23)16-20(18)24)11-8-6-7-9-12-21(25)27-3/h7-8,13,15,17-20,23-24,26H,4-5,9-12,14,16H2,1-3H3/b15-13+/t6?,17-,18-,19+,20-,22-/m0/s1. The van der Waals surface area contributed by atoms with Crippen LogP contribution in [0.4, 0.5) is 0 Å². The number of hydrogen-bond acceptors (Lipinski definition) is 5. The summed E-state index contributed by atoms with van der Waals surface area (Å²) in [4.78, 5) is 11.0. The van der Waals surface area contributed by atoms with Crippen molar-refractivity contribution >= 4 is 5.97 Å². The van der Waals surface area contributed by atoms with Gasteiger partial charge in [-0.25, -0.2) is 0 Å². The third kappa shape index (κ3) is 8.89. The highest BCUT2D eigenvalue weighted by Crippen LogP contribution is 2.36. The van der Waals surface area contributed by atoms with Gasteiger partial charge in [0, 0.05) is 18.8 Å². The Labute approximate surface area is 163 Å². The van der Waals surface area contributed by atoms with E-state index < -0.39 is 17.8 Å². The average molecular weight is 381 g/mol. The molecular weight excluding hydrogens is 344 g/mol. The van der Waals surface area contributed by atoms with Gasteiger partial charge in [-0.15, -0.1) is 5.73 Å². The topological polar surface area (TPSA) is 87.0 Å². The van der Waals surface area contributed by atoms with Gasteiger partial charge in [-0.2, -0.15) is 0 Å². The quantitative estimate of drug-likeness (QED) is 0.222. The first-order valence-corrected chi connectivity index (χ1v) is 10.0. The zero-order valence-electron chi connectivity index (χ0n) is 16.9. The van der Waals surface area contributed by atoms with E-state index in [4.69, 9.17) is 0 Å². The number of rotatable bonds is 11. The molecule has 0 aliphatic heterocycles. The van der Waals surface area contributed by atoms with E-state index in [1.165, 1.54) is 7.11 Å². The number of allylic oxidation sites excluding steroid dienone is 1. The first-order valence-electron chi connectivity index (χ1n) is 10.0. The number of ether oxygens (including phenoxy) is 1. The lowest BCUT2D eigenvalue weighted by Gasteiger charge is -2.23. The van der Waals surface area contributed by atoms with Crippen molar-refractivity contribution in [2.75, 3.05) is 7.11 Å². The van der Waals surface area contributed by atoms with E-state index in [9.17, 15) is 20.1 Å². The summed E-state index contributed by atoms with van der Waals surface area (Å²) in [6.07, 6.45) is 11.7. The monoisotopic (exact) mass is 380 g/mol. The normalized spacial score (nSPS) is 27.2. The molecule has 154 valence electrons. The van der Waals surface area contributed by atoms with E-state index in [2.05, 4.69) is 17.4 Å². The van der Waals surface area contributed by atoms with E-state index in [0.717, 1.165) is 19.3 Å². The van der Waals surface area contributed by atoms with Crippen molar-refractivity contribution in [3.05, 3.63) is 30.0 Å². The maximum absolute atomic E-state index is 11.0. The van der Waals surface area contributed by atoms with Crippen molar-refractivity contribution in [3.63, 3.8) is 0 Å². The second-order valence-electron chi connectivity index (χ2n) is 7.71. The Bertz CT molecular complexity index is 531. The van der Waals surface area contributed by atoms with E-state index in [1.54, 1.807) is 19.1 Å². The van der Waals surface area contributed by atoms with Crippen LogP contribution in [0.25, 0.3) is 0 Å². The minimum absolute atomic E-state index is 0.107. The molecule has 5 nitrogen and oxygen atoms in total. The Balaban J connectivity index is 2.62. The lowest BCUT2D eigenvalue weighted by Crippen LogP contribution is -2.24. The third-order valence-electron chi connectivity index (χ3n) is 5.23. The summed E-state index contributed by atoms with van der Waals surface area (Å²) in [5.74, 6) is -0.548. The summed E-state index contributed by atoms with van der Waals surface area (Å²) < 4.78 is 4.58.